The molecule has 0 rings (SSSR count). The zero-order valence-electron chi connectivity index (χ0n) is 16.1. The van der Waals surface area contributed by atoms with Crippen molar-refractivity contribution < 1.29 is 5.11 Å². The summed E-state index contributed by atoms with van der Waals surface area (Å²) in [4.78, 5) is 2.00. The average molecular weight is 338 g/mol. The Morgan fingerprint density at radius 1 is 0.636 bits per heavy atom. The lowest BCUT2D eigenvalue weighted by Crippen LogP contribution is -2.05. The molecule has 0 aromatic heterocycles. The van der Waals surface area contributed by atoms with Crippen molar-refractivity contribution in [3.05, 3.63) is 0 Å². The third kappa shape index (κ3) is 32.2. The predicted octanol–water partition coefficient (Wildman–Crippen LogP) is 6.06. The van der Waals surface area contributed by atoms with E-state index in [1.54, 1.807) is 0 Å². The summed E-state index contributed by atoms with van der Waals surface area (Å²) in [5, 5.41) is 9.79. The van der Waals surface area contributed by atoms with E-state index in [2.05, 4.69) is 13.8 Å². The Morgan fingerprint density at radius 2 is 0.909 bits per heavy atom. The normalized spacial score (nSPS) is 11.6. The first kappa shape index (κ1) is 27.1. The molecule has 0 aliphatic carbocycles. The second-order valence-electron chi connectivity index (χ2n) is 6.75. The van der Waals surface area contributed by atoms with Crippen LogP contribution in [0, 0.1) is 0 Å². The highest BCUT2D eigenvalue weighted by Gasteiger charge is 2.03. The molecule has 0 spiro atoms. The Bertz CT molecular complexity index is 174. The van der Waals surface area contributed by atoms with Crippen LogP contribution in [-0.2, 0) is 0 Å². The number of unbranched alkanes of at least 4 members (excludes halogenated alkanes) is 9. The van der Waals surface area contributed by atoms with Crippen LogP contribution in [0.4, 0.5) is 0 Å². The van der Waals surface area contributed by atoms with Crippen molar-refractivity contribution in [2.24, 2.45) is 0 Å². The Morgan fingerprint density at radius 3 is 1.27 bits per heavy atom. The molecule has 0 fully saturated rings. The Kier molecular flexibility index (Phi) is 28.9. The van der Waals surface area contributed by atoms with Crippen molar-refractivity contribution in [2.75, 3.05) is 21.1 Å². The summed E-state index contributed by atoms with van der Waals surface area (Å²) in [6.07, 6.45) is 16.6. The van der Waals surface area contributed by atoms with Crippen molar-refractivity contribution in [3.63, 3.8) is 0 Å². The van der Waals surface area contributed by atoms with Crippen LogP contribution in [0.5, 0.6) is 0 Å². The number of hydrogen-bond acceptors (Lipinski definition) is 2. The molecule has 0 bridgehead atoms. The minimum absolute atomic E-state index is 0. The number of nitrogens with zero attached hydrogens (tertiary/aromatic N) is 1. The van der Waals surface area contributed by atoms with Gasteiger partial charge in [-0.2, -0.15) is 0 Å². The largest absolute Gasteiger partial charge is 0.393 e. The van der Waals surface area contributed by atoms with Gasteiger partial charge in [-0.15, -0.1) is 12.4 Å². The second kappa shape index (κ2) is 23.5. The summed E-state index contributed by atoms with van der Waals surface area (Å²) in [7, 11) is 6.00. The first-order chi connectivity index (χ1) is 10.0. The first-order valence-electron chi connectivity index (χ1n) is 9.33. The molecule has 0 saturated carbocycles. The molecule has 3 heteroatoms. The van der Waals surface area contributed by atoms with Gasteiger partial charge in [-0.1, -0.05) is 84.5 Å². The number of rotatable bonds is 13. The number of aliphatic hydroxyl groups is 1. The van der Waals surface area contributed by atoms with Crippen molar-refractivity contribution in [3.8, 4) is 0 Å². The third-order valence-corrected chi connectivity index (χ3v) is 3.53. The monoisotopic (exact) mass is 337 g/mol. The van der Waals surface area contributed by atoms with Gasteiger partial charge in [0, 0.05) is 0 Å². The highest BCUT2D eigenvalue weighted by molar-refractivity contribution is 5.85. The SMILES string of the molecule is CCCCCCCCCC(O)CCCCCC.CN(C)C.Cl. The lowest BCUT2D eigenvalue weighted by Gasteiger charge is -2.09. The molecule has 0 aromatic rings. The zero-order valence-corrected chi connectivity index (χ0v) is 16.9. The fourth-order valence-electron chi connectivity index (χ4n) is 2.29. The molecule has 1 N–H and O–H groups in total. The molecule has 2 nitrogen and oxygen atoms in total. The van der Waals surface area contributed by atoms with Gasteiger partial charge in [0.2, 0.25) is 0 Å². The Balaban J connectivity index is -0.000000640. The van der Waals surface area contributed by atoms with E-state index in [9.17, 15) is 5.11 Å². The minimum atomic E-state index is -0.0255. The second-order valence-corrected chi connectivity index (χ2v) is 6.75. The van der Waals surface area contributed by atoms with E-state index in [-0.39, 0.29) is 18.5 Å². The van der Waals surface area contributed by atoms with E-state index in [4.69, 9.17) is 0 Å². The minimum Gasteiger partial charge on any atom is -0.393 e. The molecular weight excluding hydrogens is 294 g/mol. The maximum atomic E-state index is 9.79. The fraction of sp³-hybridized carbons (Fsp3) is 1.00. The van der Waals surface area contributed by atoms with Gasteiger partial charge in [-0.05, 0) is 34.0 Å². The highest BCUT2D eigenvalue weighted by atomic mass is 35.5. The van der Waals surface area contributed by atoms with E-state index < -0.39 is 0 Å². The summed E-state index contributed by atoms with van der Waals surface area (Å²) >= 11 is 0. The molecule has 138 valence electrons. The van der Waals surface area contributed by atoms with Crippen LogP contribution in [0.15, 0.2) is 0 Å². The van der Waals surface area contributed by atoms with Crippen LogP contribution in [0.2, 0.25) is 0 Å². The molecular formula is C19H44ClNO. The third-order valence-electron chi connectivity index (χ3n) is 3.53. The molecule has 0 aliphatic heterocycles. The quantitative estimate of drug-likeness (QED) is 0.413. The molecule has 0 saturated heterocycles. The summed E-state index contributed by atoms with van der Waals surface area (Å²) in [6.45, 7) is 4.49. The maximum absolute atomic E-state index is 9.79. The van der Waals surface area contributed by atoms with Crippen LogP contribution in [0.3, 0.4) is 0 Å². The highest BCUT2D eigenvalue weighted by Crippen LogP contribution is 2.13. The fourth-order valence-corrected chi connectivity index (χ4v) is 2.29. The van der Waals surface area contributed by atoms with Gasteiger partial charge in [0.1, 0.15) is 0 Å². The van der Waals surface area contributed by atoms with Crippen molar-refractivity contribution >= 4 is 12.4 Å². The molecule has 1 atom stereocenters. The lowest BCUT2D eigenvalue weighted by atomic mass is 10.0. The van der Waals surface area contributed by atoms with Gasteiger partial charge in [0.25, 0.3) is 0 Å². The molecule has 22 heavy (non-hydrogen) atoms. The standard InChI is InChI=1S/C16H34O.C3H9N.ClH/c1-3-5-7-9-10-11-13-15-16(17)14-12-8-6-4-2;1-4(2)3;/h16-17H,3-15H2,1-2H3;1-3H3;1H. The van der Waals surface area contributed by atoms with E-state index in [0.29, 0.717) is 0 Å². The van der Waals surface area contributed by atoms with E-state index in [1.165, 1.54) is 70.6 Å². The van der Waals surface area contributed by atoms with Crippen molar-refractivity contribution in [1.82, 2.24) is 4.90 Å². The Labute approximate surface area is 147 Å². The van der Waals surface area contributed by atoms with Crippen molar-refractivity contribution in [2.45, 2.75) is 103 Å². The van der Waals surface area contributed by atoms with Gasteiger partial charge >= 0.3 is 0 Å². The van der Waals surface area contributed by atoms with E-state index in [1.807, 2.05) is 26.0 Å². The summed E-state index contributed by atoms with van der Waals surface area (Å²) in [6, 6.07) is 0. The maximum Gasteiger partial charge on any atom is 0.0540 e. The molecule has 0 radical (unpaired) electrons. The van der Waals surface area contributed by atoms with Crippen LogP contribution < -0.4 is 0 Å². The van der Waals surface area contributed by atoms with Gasteiger partial charge in [-0.3, -0.25) is 0 Å². The van der Waals surface area contributed by atoms with Gasteiger partial charge in [-0.25, -0.2) is 0 Å². The molecule has 0 amide bonds. The topological polar surface area (TPSA) is 23.5 Å². The molecule has 0 aliphatic rings. The smallest absolute Gasteiger partial charge is 0.0540 e. The van der Waals surface area contributed by atoms with Crippen LogP contribution in [0.1, 0.15) is 97.3 Å². The van der Waals surface area contributed by atoms with Crippen molar-refractivity contribution in [1.29, 1.82) is 0 Å². The first-order valence-corrected chi connectivity index (χ1v) is 9.33. The van der Waals surface area contributed by atoms with Crippen LogP contribution in [-0.4, -0.2) is 37.3 Å². The van der Waals surface area contributed by atoms with Crippen LogP contribution >= 0.6 is 12.4 Å². The number of hydrogen-bond donors (Lipinski definition) is 1. The molecule has 0 aromatic carbocycles. The summed E-state index contributed by atoms with van der Waals surface area (Å²) in [5.74, 6) is 0. The zero-order chi connectivity index (χ0) is 16.3. The Hall–Kier alpha value is 0.210. The average Bonchev–Trinajstić information content (AvgIpc) is 2.42. The predicted molar refractivity (Wildman–Crippen MR) is 104 cm³/mol. The van der Waals surface area contributed by atoms with E-state index >= 15 is 0 Å². The molecule has 1 unspecified atom stereocenters. The molecule has 0 heterocycles. The van der Waals surface area contributed by atoms with Gasteiger partial charge in [0.15, 0.2) is 0 Å². The number of aliphatic hydroxyl groups excluding tert-OH is 1. The number of halogens is 1. The van der Waals surface area contributed by atoms with E-state index in [0.717, 1.165) is 12.8 Å². The summed E-state index contributed by atoms with van der Waals surface area (Å²) in [5.41, 5.74) is 0. The lowest BCUT2D eigenvalue weighted by molar-refractivity contribution is 0.147. The summed E-state index contributed by atoms with van der Waals surface area (Å²) < 4.78 is 0. The van der Waals surface area contributed by atoms with Gasteiger partial charge in [0.05, 0.1) is 6.10 Å². The van der Waals surface area contributed by atoms with Gasteiger partial charge < -0.3 is 10.0 Å². The van der Waals surface area contributed by atoms with Crippen LogP contribution in [0.25, 0.3) is 0 Å².